The maximum absolute atomic E-state index is 11.2. The predicted molar refractivity (Wildman–Crippen MR) is 42.4 cm³/mol. The van der Waals surface area contributed by atoms with Gasteiger partial charge in [0.15, 0.2) is 0 Å². The van der Waals surface area contributed by atoms with Gasteiger partial charge in [0, 0.05) is 0 Å². The highest BCUT2D eigenvalue weighted by Gasteiger charge is 1.98. The lowest BCUT2D eigenvalue weighted by molar-refractivity contribution is -0.0171. The molecule has 0 fully saturated rings. The molecule has 0 bridgehead atoms. The van der Waals surface area contributed by atoms with Crippen LogP contribution in [0.3, 0.4) is 0 Å². The van der Waals surface area contributed by atoms with Crippen molar-refractivity contribution in [3.05, 3.63) is 35.9 Å². The van der Waals surface area contributed by atoms with E-state index in [0.29, 0.717) is 0 Å². The van der Waals surface area contributed by atoms with Gasteiger partial charge >= 0.3 is 8.25 Å². The highest BCUT2D eigenvalue weighted by atomic mass is 31.1. The highest BCUT2D eigenvalue weighted by Crippen LogP contribution is 2.25. The van der Waals surface area contributed by atoms with Crippen molar-refractivity contribution in [3.8, 4) is 0 Å². The summed E-state index contributed by atoms with van der Waals surface area (Å²) < 4.78 is 29.1. The van der Waals surface area contributed by atoms with Gasteiger partial charge in [-0.3, -0.25) is 4.57 Å². The zero-order valence-electron chi connectivity index (χ0n) is 6.20. The summed E-state index contributed by atoms with van der Waals surface area (Å²) in [7, 11) is -2.94. The molecule has 66 valence electrons. The van der Waals surface area contributed by atoms with E-state index in [-0.39, 0.29) is 6.61 Å². The van der Waals surface area contributed by atoms with Crippen LogP contribution in [0.4, 0.5) is 4.53 Å². The molecule has 3 nitrogen and oxygen atoms in total. The molecule has 5 heteroatoms. The normalized spacial score (nSPS) is 12.8. The molecule has 0 aliphatic carbocycles. The molecule has 0 spiro atoms. The summed E-state index contributed by atoms with van der Waals surface area (Å²) in [5.41, 5.74) is 0.827. The zero-order chi connectivity index (χ0) is 8.81. The molecular formula is C7H8FO3P. The molecule has 0 heterocycles. The second-order valence-electron chi connectivity index (χ2n) is 2.10. The Labute approximate surface area is 70.0 Å². The van der Waals surface area contributed by atoms with Gasteiger partial charge in [-0.25, -0.2) is 0 Å². The van der Waals surface area contributed by atoms with Crippen molar-refractivity contribution in [2.45, 2.75) is 6.61 Å². The first-order valence-electron chi connectivity index (χ1n) is 3.32. The van der Waals surface area contributed by atoms with Crippen LogP contribution < -0.4 is 0 Å². The van der Waals surface area contributed by atoms with E-state index in [4.69, 9.17) is 0 Å². The van der Waals surface area contributed by atoms with E-state index in [1.54, 1.807) is 12.1 Å². The van der Waals surface area contributed by atoms with E-state index < -0.39 is 8.25 Å². The smallest absolute Gasteiger partial charge is 0.304 e. The monoisotopic (exact) mass is 190 g/mol. The number of rotatable bonds is 4. The van der Waals surface area contributed by atoms with Gasteiger partial charge < -0.3 is 4.52 Å². The van der Waals surface area contributed by atoms with Gasteiger partial charge in [-0.2, -0.15) is 0 Å². The fourth-order valence-electron chi connectivity index (χ4n) is 0.739. The fraction of sp³-hybridized carbons (Fsp3) is 0.143. The van der Waals surface area contributed by atoms with Crippen LogP contribution in [0.2, 0.25) is 0 Å². The average Bonchev–Trinajstić information content (AvgIpc) is 2.16. The van der Waals surface area contributed by atoms with Gasteiger partial charge in [0.05, 0.1) is 6.61 Å². The van der Waals surface area contributed by atoms with E-state index in [0.717, 1.165) is 5.56 Å². The molecule has 0 saturated heterocycles. The van der Waals surface area contributed by atoms with Crippen LogP contribution >= 0.6 is 8.25 Å². The maximum Gasteiger partial charge on any atom is 0.352 e. The molecule has 1 aromatic carbocycles. The summed E-state index contributed by atoms with van der Waals surface area (Å²) in [5.74, 6) is 0. The minimum atomic E-state index is -2.94. The third-order valence-corrected chi connectivity index (χ3v) is 1.77. The number of hydrogen-bond donors (Lipinski definition) is 0. The van der Waals surface area contributed by atoms with Gasteiger partial charge in [0.25, 0.3) is 0 Å². The van der Waals surface area contributed by atoms with Gasteiger partial charge in [0.1, 0.15) is 0 Å². The average molecular weight is 190 g/mol. The topological polar surface area (TPSA) is 35.5 Å². The van der Waals surface area contributed by atoms with E-state index in [1.807, 2.05) is 18.2 Å². The van der Waals surface area contributed by atoms with Crippen LogP contribution in [0, 0.1) is 0 Å². The Morgan fingerprint density at radius 1 is 1.33 bits per heavy atom. The molecule has 0 saturated carbocycles. The SMILES string of the molecule is O=[PH](OF)OCc1ccccc1. The Kier molecular flexibility index (Phi) is 3.94. The van der Waals surface area contributed by atoms with Crippen molar-refractivity contribution in [1.29, 1.82) is 0 Å². The number of hydrogen-bond acceptors (Lipinski definition) is 3. The summed E-state index contributed by atoms with van der Waals surface area (Å²) in [6.45, 7) is 0.0998. The number of benzene rings is 1. The molecule has 0 radical (unpaired) electrons. The molecule has 1 aromatic rings. The summed E-state index contributed by atoms with van der Waals surface area (Å²) in [6, 6.07) is 9.04. The molecule has 0 aliphatic rings. The third-order valence-electron chi connectivity index (χ3n) is 1.26. The van der Waals surface area contributed by atoms with Crippen molar-refractivity contribution in [3.63, 3.8) is 0 Å². The van der Waals surface area contributed by atoms with E-state index in [1.165, 1.54) is 0 Å². The molecule has 0 aliphatic heterocycles. The second kappa shape index (κ2) is 5.04. The van der Waals surface area contributed by atoms with Gasteiger partial charge in [0.2, 0.25) is 0 Å². The van der Waals surface area contributed by atoms with Crippen LogP contribution in [0.5, 0.6) is 0 Å². The molecule has 0 aromatic heterocycles. The van der Waals surface area contributed by atoms with Crippen LogP contribution in [-0.2, 0) is 20.4 Å². The molecule has 0 N–H and O–H groups in total. The first kappa shape index (κ1) is 9.39. The van der Waals surface area contributed by atoms with Gasteiger partial charge in [-0.05, 0) is 10.1 Å². The third kappa shape index (κ3) is 3.13. The first-order valence-corrected chi connectivity index (χ1v) is 4.54. The Balaban J connectivity index is 2.38. The Bertz CT molecular complexity index is 252. The van der Waals surface area contributed by atoms with E-state index in [9.17, 15) is 9.09 Å². The molecule has 12 heavy (non-hydrogen) atoms. The Morgan fingerprint density at radius 3 is 2.58 bits per heavy atom. The molecule has 1 rings (SSSR count). The summed E-state index contributed by atoms with van der Waals surface area (Å²) in [4.78, 5) is 0. The summed E-state index contributed by atoms with van der Waals surface area (Å²) >= 11 is 0. The van der Waals surface area contributed by atoms with Crippen molar-refractivity contribution in [1.82, 2.24) is 0 Å². The Morgan fingerprint density at radius 2 is 2.00 bits per heavy atom. The van der Waals surface area contributed by atoms with Gasteiger partial charge in [-0.15, -0.1) is 4.73 Å². The lowest BCUT2D eigenvalue weighted by Crippen LogP contribution is -1.84. The highest BCUT2D eigenvalue weighted by molar-refractivity contribution is 7.33. The predicted octanol–water partition coefficient (Wildman–Crippen LogP) is 2.49. The fourth-order valence-corrected chi connectivity index (χ4v) is 1.07. The zero-order valence-corrected chi connectivity index (χ0v) is 7.20. The Hall–Kier alpha value is -0.700. The van der Waals surface area contributed by atoms with Crippen LogP contribution in [-0.4, -0.2) is 0 Å². The molecule has 0 amide bonds. The summed E-state index contributed by atoms with van der Waals surface area (Å²) in [5, 5.41) is 0. The molecule has 1 atom stereocenters. The second-order valence-corrected chi connectivity index (χ2v) is 3.04. The number of halogens is 1. The lowest BCUT2D eigenvalue weighted by Gasteiger charge is -1.99. The van der Waals surface area contributed by atoms with E-state index >= 15 is 0 Å². The van der Waals surface area contributed by atoms with Crippen LogP contribution in [0.25, 0.3) is 0 Å². The minimum Gasteiger partial charge on any atom is -0.304 e. The quantitative estimate of drug-likeness (QED) is 0.684. The van der Waals surface area contributed by atoms with E-state index in [2.05, 4.69) is 9.25 Å². The van der Waals surface area contributed by atoms with Crippen LogP contribution in [0.15, 0.2) is 30.3 Å². The van der Waals surface area contributed by atoms with Crippen molar-refractivity contribution in [2.75, 3.05) is 0 Å². The van der Waals surface area contributed by atoms with Crippen molar-refractivity contribution in [2.24, 2.45) is 0 Å². The molecular weight excluding hydrogens is 182 g/mol. The van der Waals surface area contributed by atoms with Crippen molar-refractivity contribution < 1.29 is 18.3 Å². The first-order chi connectivity index (χ1) is 5.83. The lowest BCUT2D eigenvalue weighted by atomic mass is 10.2. The van der Waals surface area contributed by atoms with Gasteiger partial charge in [-0.1, -0.05) is 30.3 Å². The molecule has 1 unspecified atom stereocenters. The minimum absolute atomic E-state index is 0.0998. The maximum atomic E-state index is 11.2. The van der Waals surface area contributed by atoms with Crippen LogP contribution in [0.1, 0.15) is 5.56 Å². The van der Waals surface area contributed by atoms with Crippen molar-refractivity contribution >= 4 is 8.25 Å². The largest absolute Gasteiger partial charge is 0.352 e. The standard InChI is InChI=1S/C7H8FO3P/c8-11-12(9)10-6-7-4-2-1-3-5-7/h1-5,12H,6H2. The summed E-state index contributed by atoms with van der Waals surface area (Å²) in [6.07, 6.45) is 0.